The van der Waals surface area contributed by atoms with Crippen molar-refractivity contribution in [3.05, 3.63) is 64.7 Å². The molecule has 0 aliphatic rings. The van der Waals surface area contributed by atoms with Gasteiger partial charge in [-0.05, 0) is 31.5 Å². The highest BCUT2D eigenvalue weighted by Gasteiger charge is 2.17. The standard InChI is InChI=1S/C19H18ClN3OS/c1-3-23-18(14-9-5-4-8-13(14)2)21-22-19(23)25-12-17(24)15-10-6-7-11-16(15)20/h4-11H,3,12H2,1-2H3. The third-order valence-electron chi connectivity index (χ3n) is 3.93. The van der Waals surface area contributed by atoms with Gasteiger partial charge in [-0.1, -0.05) is 59.8 Å². The van der Waals surface area contributed by atoms with Crippen LogP contribution in [0.5, 0.6) is 0 Å². The van der Waals surface area contributed by atoms with Crippen molar-refractivity contribution in [2.24, 2.45) is 0 Å². The molecule has 0 N–H and O–H groups in total. The monoisotopic (exact) mass is 371 g/mol. The van der Waals surface area contributed by atoms with E-state index in [0.717, 1.165) is 28.7 Å². The lowest BCUT2D eigenvalue weighted by Gasteiger charge is -2.09. The average molecular weight is 372 g/mol. The molecule has 0 amide bonds. The zero-order valence-electron chi connectivity index (χ0n) is 14.1. The van der Waals surface area contributed by atoms with E-state index in [0.29, 0.717) is 10.6 Å². The fourth-order valence-corrected chi connectivity index (χ4v) is 3.73. The molecule has 128 valence electrons. The van der Waals surface area contributed by atoms with E-state index in [1.54, 1.807) is 12.1 Å². The highest BCUT2D eigenvalue weighted by atomic mass is 35.5. The predicted octanol–water partition coefficient (Wildman–Crippen LogP) is 4.90. The average Bonchev–Trinajstić information content (AvgIpc) is 3.03. The maximum absolute atomic E-state index is 12.4. The van der Waals surface area contributed by atoms with Crippen LogP contribution >= 0.6 is 23.4 Å². The number of carbonyl (C=O) groups excluding carboxylic acids is 1. The second kappa shape index (κ2) is 7.85. The molecule has 0 fully saturated rings. The Bertz CT molecular complexity index is 907. The molecular formula is C19H18ClN3OS. The first-order valence-electron chi connectivity index (χ1n) is 8.01. The molecule has 3 aromatic rings. The molecule has 6 heteroatoms. The SMILES string of the molecule is CCn1c(SCC(=O)c2ccccc2Cl)nnc1-c1ccccc1C. The first-order chi connectivity index (χ1) is 12.1. The number of hydrogen-bond acceptors (Lipinski definition) is 4. The van der Waals surface area contributed by atoms with Crippen molar-refractivity contribution in [3.63, 3.8) is 0 Å². The number of aryl methyl sites for hydroxylation is 1. The van der Waals surface area contributed by atoms with Crippen molar-refractivity contribution in [2.75, 3.05) is 5.75 Å². The number of thioether (sulfide) groups is 1. The largest absolute Gasteiger partial charge is 0.302 e. The summed E-state index contributed by atoms with van der Waals surface area (Å²) in [6.45, 7) is 4.84. The van der Waals surface area contributed by atoms with E-state index in [4.69, 9.17) is 11.6 Å². The summed E-state index contributed by atoms with van der Waals surface area (Å²) in [4.78, 5) is 12.4. The van der Waals surface area contributed by atoms with Gasteiger partial charge in [-0.15, -0.1) is 10.2 Å². The Morgan fingerprint density at radius 2 is 1.84 bits per heavy atom. The number of halogens is 1. The maximum atomic E-state index is 12.4. The number of hydrogen-bond donors (Lipinski definition) is 0. The zero-order chi connectivity index (χ0) is 17.8. The Morgan fingerprint density at radius 1 is 1.12 bits per heavy atom. The van der Waals surface area contributed by atoms with Crippen molar-refractivity contribution in [3.8, 4) is 11.4 Å². The molecule has 0 spiro atoms. The summed E-state index contributed by atoms with van der Waals surface area (Å²) in [5.41, 5.74) is 2.74. The van der Waals surface area contributed by atoms with Gasteiger partial charge in [0.05, 0.1) is 10.8 Å². The van der Waals surface area contributed by atoms with E-state index in [9.17, 15) is 4.79 Å². The number of nitrogens with zero attached hydrogens (tertiary/aromatic N) is 3. The molecule has 0 saturated carbocycles. The van der Waals surface area contributed by atoms with E-state index in [1.807, 2.05) is 41.8 Å². The number of benzene rings is 2. The van der Waals surface area contributed by atoms with Gasteiger partial charge < -0.3 is 4.57 Å². The van der Waals surface area contributed by atoms with Crippen LogP contribution in [-0.2, 0) is 6.54 Å². The van der Waals surface area contributed by atoms with Gasteiger partial charge in [-0.3, -0.25) is 4.79 Å². The van der Waals surface area contributed by atoms with Crippen LogP contribution in [0.1, 0.15) is 22.8 Å². The van der Waals surface area contributed by atoms with Crippen molar-refractivity contribution in [1.82, 2.24) is 14.8 Å². The van der Waals surface area contributed by atoms with Gasteiger partial charge in [-0.2, -0.15) is 0 Å². The van der Waals surface area contributed by atoms with E-state index < -0.39 is 0 Å². The van der Waals surface area contributed by atoms with Gasteiger partial charge in [0.15, 0.2) is 16.8 Å². The molecule has 2 aromatic carbocycles. The first-order valence-corrected chi connectivity index (χ1v) is 9.38. The molecule has 0 radical (unpaired) electrons. The maximum Gasteiger partial charge on any atom is 0.191 e. The highest BCUT2D eigenvalue weighted by molar-refractivity contribution is 7.99. The van der Waals surface area contributed by atoms with Crippen molar-refractivity contribution < 1.29 is 4.79 Å². The van der Waals surface area contributed by atoms with Crippen LogP contribution in [0.2, 0.25) is 5.02 Å². The molecule has 0 atom stereocenters. The van der Waals surface area contributed by atoms with Gasteiger partial charge in [0.25, 0.3) is 0 Å². The van der Waals surface area contributed by atoms with Crippen LogP contribution in [-0.4, -0.2) is 26.3 Å². The van der Waals surface area contributed by atoms with Gasteiger partial charge in [0, 0.05) is 17.7 Å². The zero-order valence-corrected chi connectivity index (χ0v) is 15.6. The number of Topliss-reactive ketones (excluding diaryl/α,β-unsaturated/α-hetero) is 1. The second-order valence-electron chi connectivity index (χ2n) is 5.56. The van der Waals surface area contributed by atoms with Gasteiger partial charge in [-0.25, -0.2) is 0 Å². The topological polar surface area (TPSA) is 47.8 Å². The Labute approximate surface area is 156 Å². The quantitative estimate of drug-likeness (QED) is 0.456. The van der Waals surface area contributed by atoms with Crippen LogP contribution in [0.25, 0.3) is 11.4 Å². The Balaban J connectivity index is 1.81. The van der Waals surface area contributed by atoms with Crippen LogP contribution < -0.4 is 0 Å². The number of rotatable bonds is 6. The normalized spacial score (nSPS) is 10.8. The molecular weight excluding hydrogens is 354 g/mol. The molecule has 4 nitrogen and oxygen atoms in total. The van der Waals surface area contributed by atoms with Crippen molar-refractivity contribution >= 4 is 29.1 Å². The lowest BCUT2D eigenvalue weighted by molar-refractivity contribution is 0.102. The van der Waals surface area contributed by atoms with E-state index in [1.165, 1.54) is 11.8 Å². The molecule has 0 bridgehead atoms. The molecule has 0 unspecified atom stereocenters. The minimum atomic E-state index is -0.0151. The lowest BCUT2D eigenvalue weighted by atomic mass is 10.1. The number of aromatic nitrogens is 3. The van der Waals surface area contributed by atoms with Crippen LogP contribution in [0.15, 0.2) is 53.7 Å². The Kier molecular flexibility index (Phi) is 5.56. The smallest absolute Gasteiger partial charge is 0.191 e. The van der Waals surface area contributed by atoms with E-state index in [2.05, 4.69) is 23.2 Å². The minimum Gasteiger partial charge on any atom is -0.302 e. The summed E-state index contributed by atoms with van der Waals surface area (Å²) >= 11 is 7.48. The highest BCUT2D eigenvalue weighted by Crippen LogP contribution is 2.27. The molecule has 0 saturated heterocycles. The third-order valence-corrected chi connectivity index (χ3v) is 5.22. The molecule has 3 rings (SSSR count). The number of carbonyl (C=O) groups is 1. The fraction of sp³-hybridized carbons (Fsp3) is 0.211. The van der Waals surface area contributed by atoms with Gasteiger partial charge in [0.2, 0.25) is 0 Å². The minimum absolute atomic E-state index is 0.0151. The molecule has 1 heterocycles. The van der Waals surface area contributed by atoms with Gasteiger partial charge >= 0.3 is 0 Å². The van der Waals surface area contributed by atoms with E-state index in [-0.39, 0.29) is 11.5 Å². The Hall–Kier alpha value is -2.11. The first kappa shape index (κ1) is 17.7. The van der Waals surface area contributed by atoms with Crippen molar-refractivity contribution in [1.29, 1.82) is 0 Å². The summed E-state index contributed by atoms with van der Waals surface area (Å²) in [5, 5.41) is 9.84. The third kappa shape index (κ3) is 3.78. The summed E-state index contributed by atoms with van der Waals surface area (Å²) in [6.07, 6.45) is 0. The second-order valence-corrected chi connectivity index (χ2v) is 6.91. The fourth-order valence-electron chi connectivity index (χ4n) is 2.60. The van der Waals surface area contributed by atoms with Gasteiger partial charge in [0.1, 0.15) is 0 Å². The molecule has 1 aromatic heterocycles. The molecule has 0 aliphatic heterocycles. The van der Waals surface area contributed by atoms with Crippen LogP contribution in [0.4, 0.5) is 0 Å². The summed E-state index contributed by atoms with van der Waals surface area (Å²) in [5.74, 6) is 1.09. The van der Waals surface area contributed by atoms with Crippen LogP contribution in [0.3, 0.4) is 0 Å². The summed E-state index contributed by atoms with van der Waals surface area (Å²) < 4.78 is 2.03. The van der Waals surface area contributed by atoms with Crippen molar-refractivity contribution in [2.45, 2.75) is 25.5 Å². The van der Waals surface area contributed by atoms with Crippen LogP contribution in [0, 0.1) is 6.92 Å². The predicted molar refractivity (Wildman–Crippen MR) is 102 cm³/mol. The lowest BCUT2D eigenvalue weighted by Crippen LogP contribution is -2.06. The molecule has 25 heavy (non-hydrogen) atoms. The molecule has 0 aliphatic carbocycles. The number of ketones is 1. The summed E-state index contributed by atoms with van der Waals surface area (Å²) in [7, 11) is 0. The summed E-state index contributed by atoms with van der Waals surface area (Å²) in [6, 6.07) is 15.2. The Morgan fingerprint density at radius 3 is 2.56 bits per heavy atom. The van der Waals surface area contributed by atoms with E-state index >= 15 is 0 Å².